The van der Waals surface area contributed by atoms with Gasteiger partial charge in [-0.2, -0.15) is 0 Å². The van der Waals surface area contributed by atoms with E-state index in [4.69, 9.17) is 10.5 Å². The van der Waals surface area contributed by atoms with Crippen molar-refractivity contribution in [3.63, 3.8) is 0 Å². The van der Waals surface area contributed by atoms with Crippen LogP contribution in [0, 0.1) is 0 Å². The van der Waals surface area contributed by atoms with E-state index in [0.29, 0.717) is 6.04 Å². The van der Waals surface area contributed by atoms with E-state index in [1.54, 1.807) is 0 Å². The number of rotatable bonds is 0. The number of nitrogens with one attached hydrogen (secondary N) is 1. The molecule has 0 amide bonds. The van der Waals surface area contributed by atoms with Crippen LogP contribution < -0.4 is 11.1 Å². The molecule has 0 bridgehead atoms. The van der Waals surface area contributed by atoms with Crippen molar-refractivity contribution in [3.8, 4) is 0 Å². The van der Waals surface area contributed by atoms with Gasteiger partial charge in [0.1, 0.15) is 0 Å². The summed E-state index contributed by atoms with van der Waals surface area (Å²) in [5.41, 5.74) is 6.84. The molecule has 0 saturated carbocycles. The Morgan fingerprint density at radius 1 is 1.60 bits per heavy atom. The van der Waals surface area contributed by atoms with Crippen LogP contribution in [0.25, 0.3) is 0 Å². The maximum Gasteiger partial charge on any atom is 0.0965 e. The van der Waals surface area contributed by atoms with Gasteiger partial charge in [-0.05, 0) is 11.6 Å². The fourth-order valence-corrected chi connectivity index (χ4v) is 1.25. The molecule has 2 aliphatic heterocycles. The van der Waals surface area contributed by atoms with Gasteiger partial charge < -0.3 is 15.8 Å². The lowest BCUT2D eigenvalue weighted by Gasteiger charge is -2.17. The van der Waals surface area contributed by atoms with Gasteiger partial charge in [-0.15, -0.1) is 0 Å². The molecule has 0 aromatic heterocycles. The third-order valence-corrected chi connectivity index (χ3v) is 1.82. The highest BCUT2D eigenvalue weighted by atomic mass is 16.5. The standard InChI is InChI=1S/C7H10N2O/c8-7-2-1-5-3-10-4-6(5)9-7/h1-2,6,9H,3-4,8H2. The number of dihydropyridines is 1. The molecule has 2 aliphatic rings. The molecule has 0 aromatic carbocycles. The summed E-state index contributed by atoms with van der Waals surface area (Å²) in [5, 5.41) is 3.12. The van der Waals surface area contributed by atoms with Gasteiger partial charge in [0.2, 0.25) is 0 Å². The lowest BCUT2D eigenvalue weighted by atomic mass is 10.1. The normalized spacial score (nSPS) is 30.2. The predicted octanol–water partition coefficient (Wildman–Crippen LogP) is -0.285. The van der Waals surface area contributed by atoms with Crippen LogP contribution in [0.4, 0.5) is 0 Å². The van der Waals surface area contributed by atoms with E-state index in [1.165, 1.54) is 5.57 Å². The third kappa shape index (κ3) is 0.789. The Labute approximate surface area is 59.5 Å². The minimum absolute atomic E-state index is 0.338. The molecule has 0 aliphatic carbocycles. The van der Waals surface area contributed by atoms with E-state index in [2.05, 4.69) is 5.32 Å². The Balaban J connectivity index is 2.22. The molecule has 1 saturated heterocycles. The van der Waals surface area contributed by atoms with E-state index in [-0.39, 0.29) is 0 Å². The topological polar surface area (TPSA) is 47.3 Å². The molecule has 3 heteroatoms. The van der Waals surface area contributed by atoms with Gasteiger partial charge in [-0.25, -0.2) is 0 Å². The maximum atomic E-state index is 5.54. The quantitative estimate of drug-likeness (QED) is 0.483. The maximum absolute atomic E-state index is 5.54. The van der Waals surface area contributed by atoms with Crippen LogP contribution in [-0.2, 0) is 4.74 Å². The smallest absolute Gasteiger partial charge is 0.0965 e. The first-order chi connectivity index (χ1) is 4.86. The largest absolute Gasteiger partial charge is 0.386 e. The number of hydrogen-bond donors (Lipinski definition) is 2. The number of fused-ring (bicyclic) bond motifs is 1. The zero-order valence-electron chi connectivity index (χ0n) is 5.63. The first kappa shape index (κ1) is 5.80. The van der Waals surface area contributed by atoms with Crippen molar-refractivity contribution >= 4 is 0 Å². The molecular formula is C7H10N2O. The predicted molar refractivity (Wildman–Crippen MR) is 38.1 cm³/mol. The molecule has 1 unspecified atom stereocenters. The first-order valence-corrected chi connectivity index (χ1v) is 3.37. The summed E-state index contributed by atoms with van der Waals surface area (Å²) in [6.07, 6.45) is 3.91. The fourth-order valence-electron chi connectivity index (χ4n) is 1.25. The van der Waals surface area contributed by atoms with Gasteiger partial charge in [0, 0.05) is 0 Å². The van der Waals surface area contributed by atoms with E-state index in [9.17, 15) is 0 Å². The van der Waals surface area contributed by atoms with Crippen LogP contribution in [-0.4, -0.2) is 19.3 Å². The van der Waals surface area contributed by atoms with Gasteiger partial charge in [-0.3, -0.25) is 0 Å². The number of allylic oxidation sites excluding steroid dienone is 2. The van der Waals surface area contributed by atoms with Gasteiger partial charge in [0.25, 0.3) is 0 Å². The summed E-state index contributed by atoms with van der Waals surface area (Å²) < 4.78 is 5.22. The highest BCUT2D eigenvalue weighted by Crippen LogP contribution is 2.15. The van der Waals surface area contributed by atoms with Crippen molar-refractivity contribution in [2.75, 3.05) is 13.2 Å². The molecule has 54 valence electrons. The molecule has 0 radical (unpaired) electrons. The second-order valence-corrected chi connectivity index (χ2v) is 2.58. The Hall–Kier alpha value is -0.960. The van der Waals surface area contributed by atoms with Crippen LogP contribution in [0.15, 0.2) is 23.5 Å². The van der Waals surface area contributed by atoms with Gasteiger partial charge in [-0.1, -0.05) is 6.08 Å². The monoisotopic (exact) mass is 138 g/mol. The van der Waals surface area contributed by atoms with Crippen LogP contribution in [0.1, 0.15) is 0 Å². The van der Waals surface area contributed by atoms with Crippen molar-refractivity contribution in [2.45, 2.75) is 6.04 Å². The summed E-state index contributed by atoms with van der Waals surface area (Å²) in [7, 11) is 0. The van der Waals surface area contributed by atoms with E-state index in [1.807, 2.05) is 12.2 Å². The number of hydrogen-bond acceptors (Lipinski definition) is 3. The SMILES string of the molecule is NC1=CC=C2COCC2N1. The van der Waals surface area contributed by atoms with Crippen LogP contribution in [0.5, 0.6) is 0 Å². The van der Waals surface area contributed by atoms with Gasteiger partial charge >= 0.3 is 0 Å². The number of ether oxygens (including phenoxy) is 1. The Morgan fingerprint density at radius 2 is 2.50 bits per heavy atom. The van der Waals surface area contributed by atoms with Crippen LogP contribution in [0.2, 0.25) is 0 Å². The molecule has 1 atom stereocenters. The number of nitrogens with two attached hydrogens (primary N) is 1. The minimum Gasteiger partial charge on any atom is -0.386 e. The van der Waals surface area contributed by atoms with Gasteiger partial charge in [0.15, 0.2) is 0 Å². The molecule has 10 heavy (non-hydrogen) atoms. The van der Waals surface area contributed by atoms with Crippen LogP contribution in [0.3, 0.4) is 0 Å². The first-order valence-electron chi connectivity index (χ1n) is 3.37. The molecule has 0 spiro atoms. The fraction of sp³-hybridized carbons (Fsp3) is 0.429. The highest BCUT2D eigenvalue weighted by molar-refractivity contribution is 5.28. The second-order valence-electron chi connectivity index (χ2n) is 2.58. The second kappa shape index (κ2) is 2.02. The summed E-state index contributed by atoms with van der Waals surface area (Å²) in [5.74, 6) is 0.735. The van der Waals surface area contributed by atoms with Crippen molar-refractivity contribution in [1.82, 2.24) is 5.32 Å². The molecule has 1 fully saturated rings. The van der Waals surface area contributed by atoms with E-state index < -0.39 is 0 Å². The lowest BCUT2D eigenvalue weighted by Crippen LogP contribution is -2.35. The lowest BCUT2D eigenvalue weighted by molar-refractivity contribution is 0.195. The third-order valence-electron chi connectivity index (χ3n) is 1.82. The summed E-state index contributed by atoms with van der Waals surface area (Å²) >= 11 is 0. The Morgan fingerprint density at radius 3 is 3.40 bits per heavy atom. The summed E-state index contributed by atoms with van der Waals surface area (Å²) in [6.45, 7) is 1.50. The molecular weight excluding hydrogens is 128 g/mol. The average Bonchev–Trinajstić information content (AvgIpc) is 2.33. The minimum atomic E-state index is 0.338. The van der Waals surface area contributed by atoms with Crippen molar-refractivity contribution in [1.29, 1.82) is 0 Å². The van der Waals surface area contributed by atoms with Crippen molar-refractivity contribution in [2.24, 2.45) is 5.73 Å². The Bertz CT molecular complexity index is 208. The molecule has 2 rings (SSSR count). The molecule has 3 nitrogen and oxygen atoms in total. The molecule has 3 N–H and O–H groups in total. The molecule has 2 heterocycles. The van der Waals surface area contributed by atoms with Crippen molar-refractivity contribution < 1.29 is 4.74 Å². The molecule has 0 aromatic rings. The zero-order chi connectivity index (χ0) is 6.97. The highest BCUT2D eigenvalue weighted by Gasteiger charge is 2.22. The average molecular weight is 138 g/mol. The van der Waals surface area contributed by atoms with Gasteiger partial charge in [0.05, 0.1) is 25.1 Å². The Kier molecular flexibility index (Phi) is 1.17. The van der Waals surface area contributed by atoms with Crippen LogP contribution >= 0.6 is 0 Å². The van der Waals surface area contributed by atoms with Crippen molar-refractivity contribution in [3.05, 3.63) is 23.5 Å². The van der Waals surface area contributed by atoms with E-state index in [0.717, 1.165) is 19.0 Å². The summed E-state index contributed by atoms with van der Waals surface area (Å²) in [6, 6.07) is 0.338. The zero-order valence-corrected chi connectivity index (χ0v) is 5.63. The van der Waals surface area contributed by atoms with E-state index >= 15 is 0 Å². The summed E-state index contributed by atoms with van der Waals surface area (Å²) in [4.78, 5) is 0.